The van der Waals surface area contributed by atoms with Gasteiger partial charge in [0.25, 0.3) is 15.9 Å². The molecule has 0 aliphatic heterocycles. The molecule has 0 spiro atoms. The number of halogens is 2. The fourth-order valence-electron chi connectivity index (χ4n) is 4.88. The number of hydrogen-bond acceptors (Lipinski definition) is 3. The minimum Gasteiger partial charge on any atom is -0.349 e. The fraction of sp³-hybridized carbons (Fsp3) is 0.409. The predicted octanol–water partition coefficient (Wildman–Crippen LogP) is 5.35. The van der Waals surface area contributed by atoms with Crippen LogP contribution in [0.1, 0.15) is 43.0 Å². The van der Waals surface area contributed by atoms with Crippen molar-refractivity contribution in [1.82, 2.24) is 5.32 Å². The molecular weight excluding hydrogens is 443 g/mol. The lowest BCUT2D eigenvalue weighted by Crippen LogP contribution is -2.40. The van der Waals surface area contributed by atoms with Crippen LogP contribution in [0.25, 0.3) is 0 Å². The summed E-state index contributed by atoms with van der Waals surface area (Å²) in [5.74, 6) is 1.69. The van der Waals surface area contributed by atoms with Crippen molar-refractivity contribution in [1.29, 1.82) is 0 Å². The molecule has 2 fully saturated rings. The van der Waals surface area contributed by atoms with Gasteiger partial charge in [0, 0.05) is 22.3 Å². The van der Waals surface area contributed by atoms with Crippen molar-refractivity contribution < 1.29 is 13.2 Å². The number of nitrogens with one attached hydrogen (secondary N) is 2. The van der Waals surface area contributed by atoms with Crippen LogP contribution in [-0.4, -0.2) is 20.4 Å². The first-order chi connectivity index (χ1) is 14.2. The molecule has 2 saturated carbocycles. The summed E-state index contributed by atoms with van der Waals surface area (Å²) in [6.07, 6.45) is 4.98. The van der Waals surface area contributed by atoms with Crippen molar-refractivity contribution in [3.8, 4) is 0 Å². The van der Waals surface area contributed by atoms with Crippen molar-refractivity contribution in [3.63, 3.8) is 0 Å². The molecule has 5 nitrogen and oxygen atoms in total. The first-order valence-corrected chi connectivity index (χ1v) is 12.4. The number of fused-ring (bicyclic) bond motifs is 2. The lowest BCUT2D eigenvalue weighted by molar-refractivity contribution is 0.0915. The summed E-state index contributed by atoms with van der Waals surface area (Å²) in [6.45, 7) is 2.04. The number of hydrogen-bond donors (Lipinski definition) is 2. The molecule has 0 aromatic heterocycles. The van der Waals surface area contributed by atoms with Crippen LogP contribution in [0.3, 0.4) is 0 Å². The Morgan fingerprint density at radius 1 is 1.07 bits per heavy atom. The van der Waals surface area contributed by atoms with Crippen LogP contribution >= 0.6 is 23.2 Å². The van der Waals surface area contributed by atoms with E-state index < -0.39 is 10.0 Å². The van der Waals surface area contributed by atoms with E-state index in [0.717, 1.165) is 12.3 Å². The Hall–Kier alpha value is -1.76. The number of amides is 1. The van der Waals surface area contributed by atoms with Crippen molar-refractivity contribution in [3.05, 3.63) is 58.1 Å². The van der Waals surface area contributed by atoms with Gasteiger partial charge in [-0.15, -0.1) is 0 Å². The normalized spacial score (nSPS) is 23.9. The zero-order chi connectivity index (χ0) is 21.5. The number of carbonyl (C=O) groups is 1. The zero-order valence-electron chi connectivity index (χ0n) is 16.6. The lowest BCUT2D eigenvalue weighted by atomic mass is 9.84. The van der Waals surface area contributed by atoms with Gasteiger partial charge in [0.1, 0.15) is 4.90 Å². The summed E-state index contributed by atoms with van der Waals surface area (Å²) >= 11 is 12.0. The smallest absolute Gasteiger partial charge is 0.263 e. The molecule has 8 heteroatoms. The van der Waals surface area contributed by atoms with E-state index in [1.165, 1.54) is 31.4 Å². The van der Waals surface area contributed by atoms with Crippen LogP contribution in [0.15, 0.2) is 47.4 Å². The second kappa shape index (κ2) is 8.40. The van der Waals surface area contributed by atoms with E-state index in [1.54, 1.807) is 30.3 Å². The quantitative estimate of drug-likeness (QED) is 0.602. The first-order valence-electron chi connectivity index (χ1n) is 10.1. The van der Waals surface area contributed by atoms with E-state index in [-0.39, 0.29) is 27.4 Å². The highest BCUT2D eigenvalue weighted by Gasteiger charge is 2.42. The Morgan fingerprint density at radius 2 is 1.80 bits per heavy atom. The maximum absolute atomic E-state index is 12.8. The average molecular weight is 467 g/mol. The van der Waals surface area contributed by atoms with Gasteiger partial charge in [-0.1, -0.05) is 29.6 Å². The van der Waals surface area contributed by atoms with Gasteiger partial charge in [-0.05, 0) is 86.4 Å². The van der Waals surface area contributed by atoms with Gasteiger partial charge in [0.2, 0.25) is 0 Å². The summed E-state index contributed by atoms with van der Waals surface area (Å²) in [5, 5.41) is 3.61. The van der Waals surface area contributed by atoms with Gasteiger partial charge in [-0.2, -0.15) is 0 Å². The monoisotopic (exact) mass is 466 g/mol. The minimum absolute atomic E-state index is 0.0502. The zero-order valence-corrected chi connectivity index (χ0v) is 18.9. The van der Waals surface area contributed by atoms with Gasteiger partial charge in [0.15, 0.2) is 0 Å². The summed E-state index contributed by atoms with van der Waals surface area (Å²) in [4.78, 5) is 12.7. The average Bonchev–Trinajstić information content (AvgIpc) is 3.33. The summed E-state index contributed by atoms with van der Waals surface area (Å²) < 4.78 is 28.1. The van der Waals surface area contributed by atoms with Crippen LogP contribution < -0.4 is 10.0 Å². The first kappa shape index (κ1) is 21.5. The third-order valence-corrected chi connectivity index (χ3v) is 8.49. The van der Waals surface area contributed by atoms with Crippen LogP contribution in [0.4, 0.5) is 5.69 Å². The van der Waals surface area contributed by atoms with Gasteiger partial charge in [-0.25, -0.2) is 8.42 Å². The fourth-order valence-corrected chi connectivity index (χ4v) is 6.59. The number of rotatable bonds is 6. The molecular formula is C22H24Cl2N2O3S. The van der Waals surface area contributed by atoms with Gasteiger partial charge in [0.05, 0.1) is 5.02 Å². The molecule has 2 N–H and O–H groups in total. The second-order valence-electron chi connectivity index (χ2n) is 8.36. The molecule has 2 aliphatic carbocycles. The van der Waals surface area contributed by atoms with Gasteiger partial charge in [-0.3, -0.25) is 9.52 Å². The van der Waals surface area contributed by atoms with Crippen LogP contribution in [0.5, 0.6) is 0 Å². The molecule has 0 unspecified atom stereocenters. The van der Waals surface area contributed by atoms with E-state index in [0.29, 0.717) is 22.5 Å². The molecule has 0 saturated heterocycles. The Balaban J connectivity index is 1.50. The molecule has 160 valence electrons. The Morgan fingerprint density at radius 3 is 2.43 bits per heavy atom. The highest BCUT2D eigenvalue weighted by atomic mass is 35.5. The van der Waals surface area contributed by atoms with E-state index in [1.807, 2.05) is 6.92 Å². The van der Waals surface area contributed by atoms with Crippen molar-refractivity contribution in [2.24, 2.45) is 17.8 Å². The largest absolute Gasteiger partial charge is 0.349 e. The van der Waals surface area contributed by atoms with Crippen LogP contribution in [0, 0.1) is 17.8 Å². The van der Waals surface area contributed by atoms with Crippen LogP contribution in [-0.2, 0) is 10.0 Å². The molecule has 0 radical (unpaired) electrons. The SMILES string of the molecule is C[C@H](NC(=O)c1ccc(Cl)c(S(=O)(=O)Nc2ccc(Cl)cc2)c1)[C@@H]1C[C@H]2CC[C@H]1C2. The van der Waals surface area contributed by atoms with E-state index >= 15 is 0 Å². The summed E-state index contributed by atoms with van der Waals surface area (Å²) in [6, 6.07) is 10.6. The molecule has 30 heavy (non-hydrogen) atoms. The Kier molecular flexibility index (Phi) is 6.02. The summed E-state index contributed by atoms with van der Waals surface area (Å²) in [5.41, 5.74) is 0.626. The molecule has 2 aromatic carbocycles. The number of anilines is 1. The number of sulfonamides is 1. The van der Waals surface area contributed by atoms with E-state index in [9.17, 15) is 13.2 Å². The topological polar surface area (TPSA) is 75.3 Å². The van der Waals surface area contributed by atoms with Crippen molar-refractivity contribution in [2.75, 3.05) is 4.72 Å². The van der Waals surface area contributed by atoms with E-state index in [4.69, 9.17) is 23.2 Å². The molecule has 2 aliphatic rings. The number of benzene rings is 2. The Bertz CT molecular complexity index is 1060. The standard InChI is InChI=1S/C22H24Cl2N2O3S/c1-13(19-11-14-2-3-15(19)10-14)25-22(27)16-4-9-20(24)21(12-16)30(28,29)26-18-7-5-17(23)6-8-18/h4-9,12-15,19,26H,2-3,10-11H2,1H3,(H,25,27)/t13-,14-,15-,19-/m0/s1. The molecule has 4 atom stereocenters. The predicted molar refractivity (Wildman–Crippen MR) is 120 cm³/mol. The highest BCUT2D eigenvalue weighted by Crippen LogP contribution is 2.49. The third-order valence-electron chi connectivity index (χ3n) is 6.37. The molecule has 2 bridgehead atoms. The lowest BCUT2D eigenvalue weighted by Gasteiger charge is -2.28. The van der Waals surface area contributed by atoms with Crippen molar-refractivity contribution in [2.45, 2.75) is 43.5 Å². The summed E-state index contributed by atoms with van der Waals surface area (Å²) in [7, 11) is -3.97. The van der Waals surface area contributed by atoms with E-state index in [2.05, 4.69) is 10.0 Å². The molecule has 0 heterocycles. The van der Waals surface area contributed by atoms with Crippen LogP contribution in [0.2, 0.25) is 10.0 Å². The van der Waals surface area contributed by atoms with Crippen molar-refractivity contribution >= 4 is 44.8 Å². The third kappa shape index (κ3) is 4.46. The van der Waals surface area contributed by atoms with Gasteiger partial charge < -0.3 is 5.32 Å². The van der Waals surface area contributed by atoms with Gasteiger partial charge >= 0.3 is 0 Å². The molecule has 1 amide bonds. The Labute approximate surface area is 187 Å². The molecule has 4 rings (SSSR count). The maximum Gasteiger partial charge on any atom is 0.263 e. The number of carbonyl (C=O) groups excluding carboxylic acids is 1. The maximum atomic E-state index is 12.8. The molecule has 2 aromatic rings. The minimum atomic E-state index is -3.97. The highest BCUT2D eigenvalue weighted by molar-refractivity contribution is 7.92. The second-order valence-corrected chi connectivity index (χ2v) is 10.9.